The van der Waals surface area contributed by atoms with Crippen LogP contribution in [0.4, 0.5) is 0 Å². The molecule has 3 nitrogen and oxygen atoms in total. The molecule has 0 bridgehead atoms. The van der Waals surface area contributed by atoms with Gasteiger partial charge in [0.2, 0.25) is 0 Å². The molecule has 1 aromatic carbocycles. The molecular formula is C16H27NO2. The number of benzene rings is 1. The topological polar surface area (TPSA) is 30.5 Å². The minimum absolute atomic E-state index is 0.195. The molecule has 0 aromatic heterocycles. The lowest BCUT2D eigenvalue weighted by molar-refractivity contribution is 0.239. The average molecular weight is 265 g/mol. The summed E-state index contributed by atoms with van der Waals surface area (Å²) in [5, 5.41) is 3.24. The highest BCUT2D eigenvalue weighted by atomic mass is 16.5. The largest absolute Gasteiger partial charge is 0.496 e. The Kier molecular flexibility index (Phi) is 5.67. The number of hydrogen-bond donors (Lipinski definition) is 1. The van der Waals surface area contributed by atoms with E-state index < -0.39 is 0 Å². The van der Waals surface area contributed by atoms with Crippen LogP contribution in [-0.2, 0) is 0 Å². The van der Waals surface area contributed by atoms with E-state index in [1.807, 2.05) is 25.2 Å². The second kappa shape index (κ2) is 6.80. The summed E-state index contributed by atoms with van der Waals surface area (Å²) < 4.78 is 11.4. The fourth-order valence-corrected chi connectivity index (χ4v) is 1.87. The van der Waals surface area contributed by atoms with Gasteiger partial charge in [0.05, 0.1) is 19.3 Å². The van der Waals surface area contributed by atoms with Gasteiger partial charge in [-0.05, 0) is 37.9 Å². The van der Waals surface area contributed by atoms with Crippen molar-refractivity contribution in [1.29, 1.82) is 0 Å². The van der Waals surface area contributed by atoms with Crippen molar-refractivity contribution in [3.63, 3.8) is 0 Å². The fourth-order valence-electron chi connectivity index (χ4n) is 1.87. The van der Waals surface area contributed by atoms with Crippen LogP contribution in [0.15, 0.2) is 18.2 Å². The van der Waals surface area contributed by atoms with Gasteiger partial charge < -0.3 is 14.8 Å². The highest BCUT2D eigenvalue weighted by Gasteiger charge is 2.17. The van der Waals surface area contributed by atoms with Crippen molar-refractivity contribution in [2.75, 3.05) is 20.8 Å². The fraction of sp³-hybridized carbons (Fsp3) is 0.625. The SMILES string of the molecule is CNC(C)c1c(OC)cccc1OCCC(C)(C)C. The minimum Gasteiger partial charge on any atom is -0.496 e. The third-order valence-corrected chi connectivity index (χ3v) is 3.22. The zero-order valence-electron chi connectivity index (χ0n) is 13.0. The van der Waals surface area contributed by atoms with E-state index in [0.717, 1.165) is 30.1 Å². The number of ether oxygens (including phenoxy) is 2. The maximum absolute atomic E-state index is 5.96. The van der Waals surface area contributed by atoms with Crippen molar-refractivity contribution in [2.24, 2.45) is 5.41 Å². The molecule has 0 aliphatic rings. The van der Waals surface area contributed by atoms with Gasteiger partial charge in [-0.2, -0.15) is 0 Å². The third-order valence-electron chi connectivity index (χ3n) is 3.22. The van der Waals surface area contributed by atoms with Crippen molar-refractivity contribution in [3.05, 3.63) is 23.8 Å². The van der Waals surface area contributed by atoms with Crippen molar-refractivity contribution in [3.8, 4) is 11.5 Å². The molecule has 3 heteroatoms. The molecule has 0 fully saturated rings. The Bertz CT molecular complexity index is 396. The van der Waals surface area contributed by atoms with Crippen LogP contribution in [-0.4, -0.2) is 20.8 Å². The minimum atomic E-state index is 0.195. The normalized spacial score (nSPS) is 13.2. The van der Waals surface area contributed by atoms with E-state index in [0.29, 0.717) is 0 Å². The van der Waals surface area contributed by atoms with Crippen LogP contribution in [0.3, 0.4) is 0 Å². The average Bonchev–Trinajstić information content (AvgIpc) is 2.36. The van der Waals surface area contributed by atoms with E-state index in [9.17, 15) is 0 Å². The molecule has 1 atom stereocenters. The molecule has 0 amide bonds. The molecule has 0 heterocycles. The van der Waals surface area contributed by atoms with Gasteiger partial charge in [0.15, 0.2) is 0 Å². The molecule has 1 unspecified atom stereocenters. The number of rotatable bonds is 6. The van der Waals surface area contributed by atoms with Gasteiger partial charge in [0.25, 0.3) is 0 Å². The Morgan fingerprint density at radius 2 is 1.84 bits per heavy atom. The molecule has 1 aromatic rings. The Hall–Kier alpha value is -1.22. The first-order valence-corrected chi connectivity index (χ1v) is 6.86. The zero-order chi connectivity index (χ0) is 14.5. The van der Waals surface area contributed by atoms with Gasteiger partial charge in [-0.3, -0.25) is 0 Å². The molecule has 0 saturated heterocycles. The van der Waals surface area contributed by atoms with Gasteiger partial charge >= 0.3 is 0 Å². The Morgan fingerprint density at radius 1 is 1.21 bits per heavy atom. The highest BCUT2D eigenvalue weighted by molar-refractivity contribution is 5.46. The first kappa shape index (κ1) is 15.8. The number of methoxy groups -OCH3 is 1. The monoisotopic (exact) mass is 265 g/mol. The molecule has 0 radical (unpaired) electrons. The smallest absolute Gasteiger partial charge is 0.127 e. The van der Waals surface area contributed by atoms with Gasteiger partial charge in [-0.25, -0.2) is 0 Å². The van der Waals surface area contributed by atoms with Crippen molar-refractivity contribution in [2.45, 2.75) is 40.2 Å². The number of nitrogens with one attached hydrogen (secondary N) is 1. The summed E-state index contributed by atoms with van der Waals surface area (Å²) in [7, 11) is 3.64. The summed E-state index contributed by atoms with van der Waals surface area (Å²) in [5.74, 6) is 1.78. The predicted molar refractivity (Wildman–Crippen MR) is 80.0 cm³/mol. The molecule has 1 rings (SSSR count). The quantitative estimate of drug-likeness (QED) is 0.849. The van der Waals surface area contributed by atoms with E-state index in [1.54, 1.807) is 7.11 Å². The molecule has 19 heavy (non-hydrogen) atoms. The van der Waals surface area contributed by atoms with E-state index in [1.165, 1.54) is 0 Å². The highest BCUT2D eigenvalue weighted by Crippen LogP contribution is 2.34. The van der Waals surface area contributed by atoms with E-state index in [-0.39, 0.29) is 11.5 Å². The summed E-state index contributed by atoms with van der Waals surface area (Å²) in [6, 6.07) is 6.14. The Balaban J connectivity index is 2.87. The third kappa shape index (κ3) is 4.75. The van der Waals surface area contributed by atoms with Crippen molar-refractivity contribution >= 4 is 0 Å². The second-order valence-electron chi connectivity index (χ2n) is 6.04. The first-order chi connectivity index (χ1) is 8.89. The van der Waals surface area contributed by atoms with Gasteiger partial charge in [0.1, 0.15) is 11.5 Å². The van der Waals surface area contributed by atoms with Crippen LogP contribution in [0.5, 0.6) is 11.5 Å². The first-order valence-electron chi connectivity index (χ1n) is 6.86. The maximum Gasteiger partial charge on any atom is 0.127 e. The van der Waals surface area contributed by atoms with Crippen molar-refractivity contribution in [1.82, 2.24) is 5.32 Å². The molecule has 0 aliphatic carbocycles. The second-order valence-corrected chi connectivity index (χ2v) is 6.04. The van der Waals surface area contributed by atoms with Crippen LogP contribution < -0.4 is 14.8 Å². The van der Waals surface area contributed by atoms with E-state index in [4.69, 9.17) is 9.47 Å². The molecule has 0 spiro atoms. The lowest BCUT2D eigenvalue weighted by Crippen LogP contribution is -2.16. The molecule has 0 aliphatic heterocycles. The Morgan fingerprint density at radius 3 is 2.37 bits per heavy atom. The molecule has 1 N–H and O–H groups in total. The summed E-state index contributed by atoms with van der Waals surface area (Å²) in [5.41, 5.74) is 1.37. The van der Waals surface area contributed by atoms with Crippen LogP contribution in [0.2, 0.25) is 0 Å². The summed E-state index contributed by atoms with van der Waals surface area (Å²) in [6.07, 6.45) is 1.03. The molecule has 0 saturated carbocycles. The van der Waals surface area contributed by atoms with Crippen LogP contribution >= 0.6 is 0 Å². The summed E-state index contributed by atoms with van der Waals surface area (Å²) in [6.45, 7) is 9.49. The van der Waals surface area contributed by atoms with E-state index >= 15 is 0 Å². The standard InChI is InChI=1S/C16H27NO2/c1-12(17-5)15-13(18-6)8-7-9-14(15)19-11-10-16(2,3)4/h7-9,12,17H,10-11H2,1-6H3. The van der Waals surface area contributed by atoms with Crippen LogP contribution in [0.1, 0.15) is 45.7 Å². The van der Waals surface area contributed by atoms with Gasteiger partial charge in [0, 0.05) is 6.04 Å². The van der Waals surface area contributed by atoms with Gasteiger partial charge in [-0.15, -0.1) is 0 Å². The summed E-state index contributed by atoms with van der Waals surface area (Å²) >= 11 is 0. The maximum atomic E-state index is 5.96. The summed E-state index contributed by atoms with van der Waals surface area (Å²) in [4.78, 5) is 0. The lowest BCUT2D eigenvalue weighted by atomic mass is 9.93. The lowest BCUT2D eigenvalue weighted by Gasteiger charge is -2.22. The van der Waals surface area contributed by atoms with Crippen molar-refractivity contribution < 1.29 is 9.47 Å². The molecule has 108 valence electrons. The number of hydrogen-bond acceptors (Lipinski definition) is 3. The molecular weight excluding hydrogens is 238 g/mol. The van der Waals surface area contributed by atoms with E-state index in [2.05, 4.69) is 33.0 Å². The van der Waals surface area contributed by atoms with Gasteiger partial charge in [-0.1, -0.05) is 26.8 Å². The van der Waals surface area contributed by atoms with Crippen LogP contribution in [0, 0.1) is 5.41 Å². The zero-order valence-corrected chi connectivity index (χ0v) is 13.0. The predicted octanol–water partition coefficient (Wildman–Crippen LogP) is 3.79. The van der Waals surface area contributed by atoms with Crippen LogP contribution in [0.25, 0.3) is 0 Å². The Labute approximate surface area is 117 Å².